The highest BCUT2D eigenvalue weighted by molar-refractivity contribution is 7.85. The zero-order chi connectivity index (χ0) is 14.9. The fraction of sp³-hybridized carbons (Fsp3) is 0.429. The molecule has 0 aliphatic heterocycles. The quantitative estimate of drug-likeness (QED) is 0.818. The lowest BCUT2D eigenvalue weighted by molar-refractivity contribution is -0.872. The average molecular weight is 285 g/mol. The molecule has 0 aromatic heterocycles. The molecule has 0 aliphatic rings. The highest BCUT2D eigenvalue weighted by Crippen LogP contribution is 2.03. The molecule has 0 bridgehead atoms. The third-order valence-electron chi connectivity index (χ3n) is 2.23. The van der Waals surface area contributed by atoms with Gasteiger partial charge in [-0.2, -0.15) is 0 Å². The van der Waals surface area contributed by atoms with Gasteiger partial charge in [0.1, 0.15) is 6.54 Å². The maximum Gasteiger partial charge on any atom is 0.102 e. The van der Waals surface area contributed by atoms with E-state index in [0.29, 0.717) is 6.42 Å². The summed E-state index contributed by atoms with van der Waals surface area (Å²) in [5, 5.41) is 0. The number of hydrogen-bond donors (Lipinski definition) is 1. The van der Waals surface area contributed by atoms with E-state index < -0.39 is 10.1 Å². The van der Waals surface area contributed by atoms with Crippen LogP contribution in [0.1, 0.15) is 24.5 Å². The molecule has 0 spiro atoms. The minimum Gasteiger partial charge on any atom is -0.748 e. The Morgan fingerprint density at radius 1 is 1.26 bits per heavy atom. The lowest BCUT2D eigenvalue weighted by Gasteiger charge is -2.06. The van der Waals surface area contributed by atoms with Crippen molar-refractivity contribution in [2.24, 2.45) is 0 Å². The topological polar surface area (TPSA) is 61.6 Å². The van der Waals surface area contributed by atoms with Crippen molar-refractivity contribution in [3.63, 3.8) is 0 Å². The first-order valence-corrected chi connectivity index (χ1v) is 7.80. The summed E-state index contributed by atoms with van der Waals surface area (Å²) >= 11 is 0. The molecule has 0 saturated heterocycles. The Labute approximate surface area is 116 Å². The predicted molar refractivity (Wildman–Crippen MR) is 77.9 cm³/mol. The van der Waals surface area contributed by atoms with E-state index in [9.17, 15) is 13.0 Å². The summed E-state index contributed by atoms with van der Waals surface area (Å²) in [5.74, 6) is -0.243. The minimum atomic E-state index is -3.92. The van der Waals surface area contributed by atoms with E-state index in [1.54, 1.807) is 6.92 Å². The summed E-state index contributed by atoms with van der Waals surface area (Å²) in [4.78, 5) is 1.45. The largest absolute Gasteiger partial charge is 0.748 e. The minimum absolute atomic E-state index is 0.243. The molecule has 1 N–H and O–H groups in total. The second-order valence-corrected chi connectivity index (χ2v) is 6.11. The van der Waals surface area contributed by atoms with Crippen molar-refractivity contribution in [3.05, 3.63) is 42.0 Å². The van der Waals surface area contributed by atoms with Gasteiger partial charge in [0.05, 0.1) is 24.2 Å². The number of quaternary nitrogens is 1. The van der Waals surface area contributed by atoms with Crippen LogP contribution in [0, 0.1) is 0 Å². The van der Waals surface area contributed by atoms with E-state index in [2.05, 4.69) is 44.9 Å². The molecule has 4 nitrogen and oxygen atoms in total. The van der Waals surface area contributed by atoms with E-state index >= 15 is 0 Å². The van der Waals surface area contributed by atoms with Crippen LogP contribution >= 0.6 is 0 Å². The zero-order valence-corrected chi connectivity index (χ0v) is 12.7. The molecule has 0 saturated carbocycles. The number of rotatable bonds is 5. The molecule has 0 unspecified atom stereocenters. The first kappa shape index (κ1) is 17.8. The van der Waals surface area contributed by atoms with E-state index in [1.807, 2.05) is 6.08 Å². The molecule has 1 rings (SSSR count). The summed E-state index contributed by atoms with van der Waals surface area (Å²) in [6.07, 6.45) is 2.28. The third kappa shape index (κ3) is 10.4. The predicted octanol–water partition coefficient (Wildman–Crippen LogP) is 0.916. The second-order valence-electron chi connectivity index (χ2n) is 4.59. The third-order valence-corrected chi connectivity index (χ3v) is 3.14. The SMILES string of the molecule is C=Cc1ccc(C[NH+](C)C)cc1.CCCS(=O)(=O)[O-]. The van der Waals surface area contributed by atoms with Crippen LogP contribution in [0.2, 0.25) is 0 Å². The molecule has 0 heterocycles. The van der Waals surface area contributed by atoms with Gasteiger partial charge in [-0.3, -0.25) is 0 Å². The Balaban J connectivity index is 0.000000399. The Bertz CT molecular complexity index is 464. The second kappa shape index (κ2) is 8.85. The zero-order valence-electron chi connectivity index (χ0n) is 11.8. The van der Waals surface area contributed by atoms with E-state index in [1.165, 1.54) is 16.0 Å². The van der Waals surface area contributed by atoms with Crippen LogP contribution in [-0.4, -0.2) is 32.8 Å². The highest BCUT2D eigenvalue weighted by Gasteiger charge is 1.96. The van der Waals surface area contributed by atoms with E-state index in [0.717, 1.165) is 6.54 Å². The van der Waals surface area contributed by atoms with Gasteiger partial charge in [0, 0.05) is 11.3 Å². The van der Waals surface area contributed by atoms with Gasteiger partial charge in [0.2, 0.25) is 0 Å². The normalized spacial score (nSPS) is 10.8. The van der Waals surface area contributed by atoms with Crippen LogP contribution in [0.15, 0.2) is 30.8 Å². The smallest absolute Gasteiger partial charge is 0.102 e. The van der Waals surface area contributed by atoms with E-state index in [-0.39, 0.29) is 5.75 Å². The van der Waals surface area contributed by atoms with Crippen molar-refractivity contribution in [2.45, 2.75) is 19.9 Å². The average Bonchev–Trinajstić information content (AvgIpc) is 2.28. The van der Waals surface area contributed by atoms with Crippen molar-refractivity contribution < 1.29 is 17.9 Å². The monoisotopic (exact) mass is 285 g/mol. The Morgan fingerprint density at radius 2 is 1.79 bits per heavy atom. The van der Waals surface area contributed by atoms with Crippen molar-refractivity contribution >= 4 is 16.2 Å². The summed E-state index contributed by atoms with van der Waals surface area (Å²) < 4.78 is 29.0. The molecule has 0 fully saturated rings. The van der Waals surface area contributed by atoms with Gasteiger partial charge >= 0.3 is 0 Å². The maximum absolute atomic E-state index is 9.68. The molecule has 0 atom stereocenters. The van der Waals surface area contributed by atoms with Gasteiger partial charge in [-0.25, -0.2) is 8.42 Å². The van der Waals surface area contributed by atoms with E-state index in [4.69, 9.17) is 0 Å². The van der Waals surface area contributed by atoms with Crippen molar-refractivity contribution in [1.82, 2.24) is 0 Å². The summed E-state index contributed by atoms with van der Waals surface area (Å²) in [6, 6.07) is 8.52. The van der Waals surface area contributed by atoms with Crippen molar-refractivity contribution in [1.29, 1.82) is 0 Å². The van der Waals surface area contributed by atoms with Crippen molar-refractivity contribution in [2.75, 3.05) is 19.8 Å². The van der Waals surface area contributed by atoms with Gasteiger partial charge in [-0.05, 0) is 12.0 Å². The fourth-order valence-corrected chi connectivity index (χ4v) is 1.93. The van der Waals surface area contributed by atoms with Gasteiger partial charge in [-0.15, -0.1) is 0 Å². The molecule has 19 heavy (non-hydrogen) atoms. The highest BCUT2D eigenvalue weighted by atomic mass is 32.2. The summed E-state index contributed by atoms with van der Waals surface area (Å²) in [5.41, 5.74) is 2.56. The number of benzene rings is 1. The van der Waals surface area contributed by atoms with Crippen LogP contribution in [0.5, 0.6) is 0 Å². The molecular formula is C14H23NO3S. The van der Waals surface area contributed by atoms with Crippen LogP contribution < -0.4 is 4.90 Å². The standard InChI is InChI=1S/C11H15N.C3H8O3S/c1-4-10-5-7-11(8-6-10)9-12(2)3;1-2-3-7(4,5)6/h4-8H,1,9H2,2-3H3;2-3H2,1H3,(H,4,5,6). The molecule has 108 valence electrons. The molecule has 0 amide bonds. The molecule has 0 radical (unpaired) electrons. The first-order valence-electron chi connectivity index (χ1n) is 6.22. The van der Waals surface area contributed by atoms with Gasteiger partial charge in [-0.1, -0.05) is 43.8 Å². The Morgan fingerprint density at radius 3 is 2.05 bits per heavy atom. The van der Waals surface area contributed by atoms with Crippen molar-refractivity contribution in [3.8, 4) is 0 Å². The molecular weight excluding hydrogens is 262 g/mol. The van der Waals surface area contributed by atoms with Gasteiger partial charge in [0.25, 0.3) is 0 Å². The molecule has 1 aromatic carbocycles. The first-order chi connectivity index (χ1) is 8.78. The lowest BCUT2D eigenvalue weighted by Crippen LogP contribution is -3.04. The van der Waals surface area contributed by atoms with Gasteiger partial charge < -0.3 is 9.45 Å². The summed E-state index contributed by atoms with van der Waals surface area (Å²) in [6.45, 7) is 6.45. The van der Waals surface area contributed by atoms with Gasteiger partial charge in [0.15, 0.2) is 0 Å². The molecule has 1 aromatic rings. The van der Waals surface area contributed by atoms with Crippen LogP contribution in [-0.2, 0) is 16.7 Å². The maximum atomic E-state index is 9.68. The fourth-order valence-electron chi connectivity index (χ4n) is 1.43. The number of hydrogen-bond acceptors (Lipinski definition) is 3. The number of nitrogens with one attached hydrogen (secondary N) is 1. The molecule has 5 heteroatoms. The Kier molecular flexibility index (Phi) is 8.30. The van der Waals surface area contributed by atoms with Crippen LogP contribution in [0.3, 0.4) is 0 Å². The van der Waals surface area contributed by atoms with Crippen LogP contribution in [0.4, 0.5) is 0 Å². The Hall–Kier alpha value is -1.17. The molecule has 0 aliphatic carbocycles. The van der Waals surface area contributed by atoms with Crippen LogP contribution in [0.25, 0.3) is 6.08 Å². The lowest BCUT2D eigenvalue weighted by atomic mass is 10.1. The summed E-state index contributed by atoms with van der Waals surface area (Å²) in [7, 11) is 0.384.